The summed E-state index contributed by atoms with van der Waals surface area (Å²) in [5.41, 5.74) is 17.8. The van der Waals surface area contributed by atoms with E-state index >= 15 is 0 Å². The van der Waals surface area contributed by atoms with Gasteiger partial charge in [-0.25, -0.2) is 4.98 Å². The van der Waals surface area contributed by atoms with Gasteiger partial charge in [-0.15, -0.1) is 0 Å². The fourth-order valence-corrected chi connectivity index (χ4v) is 5.82. The Labute approximate surface area is 251 Å². The summed E-state index contributed by atoms with van der Waals surface area (Å²) in [6.07, 6.45) is 5.35. The van der Waals surface area contributed by atoms with Gasteiger partial charge in [-0.3, -0.25) is 0 Å². The van der Waals surface area contributed by atoms with Gasteiger partial charge in [0.25, 0.3) is 0 Å². The number of fused-ring (bicyclic) bond motifs is 3. The van der Waals surface area contributed by atoms with Gasteiger partial charge in [0.05, 0.1) is 22.4 Å². The van der Waals surface area contributed by atoms with Crippen LogP contribution in [0.25, 0.3) is 66.6 Å². The smallest absolute Gasteiger partial charge is 0.0710 e. The van der Waals surface area contributed by atoms with Gasteiger partial charge < -0.3 is 10.3 Å². The predicted octanol–water partition coefficient (Wildman–Crippen LogP) is 10.1. The van der Waals surface area contributed by atoms with Crippen LogP contribution in [0.4, 0.5) is 0 Å². The minimum atomic E-state index is 0.932. The van der Waals surface area contributed by atoms with E-state index in [0.717, 1.165) is 33.7 Å². The maximum absolute atomic E-state index is 5.55. The van der Waals surface area contributed by atoms with Crippen LogP contribution in [0.15, 0.2) is 158 Å². The molecule has 0 atom stereocenters. The van der Waals surface area contributed by atoms with Gasteiger partial charge in [-0.1, -0.05) is 103 Å². The summed E-state index contributed by atoms with van der Waals surface area (Å²) >= 11 is 0. The van der Waals surface area contributed by atoms with Crippen LogP contribution in [-0.2, 0) is 0 Å². The molecule has 5 aromatic carbocycles. The molecule has 0 saturated carbocycles. The Balaban J connectivity index is 1.40. The molecule has 3 heteroatoms. The molecule has 0 unspecified atom stereocenters. The van der Waals surface area contributed by atoms with Crippen LogP contribution < -0.4 is 5.73 Å². The van der Waals surface area contributed by atoms with Gasteiger partial charge in [0.15, 0.2) is 0 Å². The van der Waals surface area contributed by atoms with Crippen molar-refractivity contribution in [1.29, 1.82) is 0 Å². The summed E-state index contributed by atoms with van der Waals surface area (Å²) in [6.45, 7) is 2.05. The highest BCUT2D eigenvalue weighted by atomic mass is 15.0. The van der Waals surface area contributed by atoms with Crippen LogP contribution in [0.3, 0.4) is 0 Å². The third-order valence-electron chi connectivity index (χ3n) is 7.99. The molecular formula is C40H31N3. The summed E-state index contributed by atoms with van der Waals surface area (Å²) in [4.78, 5) is 4.99. The van der Waals surface area contributed by atoms with E-state index in [1.807, 2.05) is 18.2 Å². The van der Waals surface area contributed by atoms with Gasteiger partial charge in [-0.2, -0.15) is 0 Å². The zero-order valence-electron chi connectivity index (χ0n) is 24.0. The van der Waals surface area contributed by atoms with Crippen LogP contribution in [-0.4, -0.2) is 9.55 Å². The molecule has 7 aromatic rings. The van der Waals surface area contributed by atoms with Crippen LogP contribution in [0, 0.1) is 0 Å². The number of hydrogen-bond donors (Lipinski definition) is 1. The number of aromatic nitrogens is 2. The van der Waals surface area contributed by atoms with Crippen LogP contribution in [0.5, 0.6) is 0 Å². The van der Waals surface area contributed by atoms with Gasteiger partial charge in [0, 0.05) is 22.0 Å². The van der Waals surface area contributed by atoms with E-state index < -0.39 is 0 Å². The molecule has 0 aliphatic heterocycles. The van der Waals surface area contributed by atoms with Gasteiger partial charge in [0.2, 0.25) is 0 Å². The lowest BCUT2D eigenvalue weighted by molar-refractivity contribution is 1.18. The number of hydrogen-bond acceptors (Lipinski definition) is 2. The minimum Gasteiger partial charge on any atom is -0.405 e. The highest BCUT2D eigenvalue weighted by Crippen LogP contribution is 2.37. The summed E-state index contributed by atoms with van der Waals surface area (Å²) in [5.74, 6) is 0. The van der Waals surface area contributed by atoms with Gasteiger partial charge >= 0.3 is 0 Å². The van der Waals surface area contributed by atoms with E-state index in [1.165, 1.54) is 44.7 Å². The molecule has 0 bridgehead atoms. The van der Waals surface area contributed by atoms with Crippen molar-refractivity contribution in [3.63, 3.8) is 0 Å². The lowest BCUT2D eigenvalue weighted by Gasteiger charge is -2.10. The summed E-state index contributed by atoms with van der Waals surface area (Å²) in [6, 6.07) is 49.6. The lowest BCUT2D eigenvalue weighted by Crippen LogP contribution is -1.94. The molecule has 0 saturated heterocycles. The van der Waals surface area contributed by atoms with Crippen LogP contribution >= 0.6 is 0 Å². The lowest BCUT2D eigenvalue weighted by atomic mass is 9.98. The van der Waals surface area contributed by atoms with Crippen LogP contribution in [0.1, 0.15) is 12.6 Å². The monoisotopic (exact) mass is 553 g/mol. The molecule has 0 aliphatic rings. The Morgan fingerprint density at radius 3 is 1.88 bits per heavy atom. The highest BCUT2D eigenvalue weighted by Gasteiger charge is 2.15. The Morgan fingerprint density at radius 2 is 1.16 bits per heavy atom. The first-order valence-corrected chi connectivity index (χ1v) is 14.5. The van der Waals surface area contributed by atoms with E-state index in [4.69, 9.17) is 10.7 Å². The van der Waals surface area contributed by atoms with Crippen LogP contribution in [0.2, 0.25) is 0 Å². The number of pyridine rings is 1. The third-order valence-corrected chi connectivity index (χ3v) is 7.99. The third kappa shape index (κ3) is 5.02. The summed E-state index contributed by atoms with van der Waals surface area (Å²) in [5, 5.41) is 2.44. The first-order chi connectivity index (χ1) is 21.2. The van der Waals surface area contributed by atoms with E-state index in [2.05, 4.69) is 145 Å². The molecule has 3 nitrogen and oxygen atoms in total. The Bertz CT molecular complexity index is 2130. The standard InChI is InChI=1S/C40H31N3/c1-28(11-10-24-41)37-18-9-19-38(42-37)33-21-23-36-35-22-20-32(31-15-8-14-30(25-31)29-12-4-2-5-13-29)26-39(35)43(40(36)27-33)34-16-6-3-7-17-34/h2-27H,41H2,1H3/b24-10-,28-11+. The summed E-state index contributed by atoms with van der Waals surface area (Å²) in [7, 11) is 0. The van der Waals surface area contributed by atoms with Crippen molar-refractivity contribution < 1.29 is 0 Å². The second kappa shape index (κ2) is 11.3. The molecule has 7 rings (SSSR count). The maximum atomic E-state index is 5.55. The number of nitrogens with two attached hydrogens (primary N) is 1. The molecule has 2 N–H and O–H groups in total. The first kappa shape index (κ1) is 26.2. The fraction of sp³-hybridized carbons (Fsp3) is 0.0250. The number of nitrogens with zero attached hydrogens (tertiary/aromatic N) is 2. The molecular weight excluding hydrogens is 522 g/mol. The zero-order valence-corrected chi connectivity index (χ0v) is 24.0. The maximum Gasteiger partial charge on any atom is 0.0710 e. The SMILES string of the molecule is C/C(=C\C=C/N)c1cccc(-c2ccc3c4ccc(-c5cccc(-c6ccccc6)c5)cc4n(-c4ccccc4)c3c2)n1. The molecule has 43 heavy (non-hydrogen) atoms. The van der Waals surface area contributed by atoms with E-state index in [9.17, 15) is 0 Å². The normalized spacial score (nSPS) is 12.0. The molecule has 0 aliphatic carbocycles. The Kier molecular flexibility index (Phi) is 6.90. The number of para-hydroxylation sites is 1. The molecule has 2 heterocycles. The average molecular weight is 554 g/mol. The van der Waals surface area contributed by atoms with E-state index in [1.54, 1.807) is 0 Å². The van der Waals surface area contributed by atoms with Crippen molar-refractivity contribution >= 4 is 27.4 Å². The molecule has 0 radical (unpaired) electrons. The number of rotatable bonds is 6. The van der Waals surface area contributed by atoms with Crippen molar-refractivity contribution in [2.24, 2.45) is 5.73 Å². The summed E-state index contributed by atoms with van der Waals surface area (Å²) < 4.78 is 2.37. The van der Waals surface area contributed by atoms with E-state index in [-0.39, 0.29) is 0 Å². The van der Waals surface area contributed by atoms with Crippen molar-refractivity contribution in [2.45, 2.75) is 6.92 Å². The fourth-order valence-electron chi connectivity index (χ4n) is 5.82. The predicted molar refractivity (Wildman–Crippen MR) is 182 cm³/mol. The van der Waals surface area contributed by atoms with E-state index in [0.29, 0.717) is 0 Å². The quantitative estimate of drug-likeness (QED) is 0.208. The second-order valence-electron chi connectivity index (χ2n) is 10.7. The molecule has 0 spiro atoms. The van der Waals surface area contributed by atoms with Crippen molar-refractivity contribution in [2.75, 3.05) is 0 Å². The minimum absolute atomic E-state index is 0.932. The molecule has 0 amide bonds. The van der Waals surface area contributed by atoms with Gasteiger partial charge in [0.1, 0.15) is 0 Å². The van der Waals surface area contributed by atoms with Crippen molar-refractivity contribution in [1.82, 2.24) is 9.55 Å². The first-order valence-electron chi connectivity index (χ1n) is 14.5. The largest absolute Gasteiger partial charge is 0.405 e. The Morgan fingerprint density at radius 1 is 0.581 bits per heavy atom. The number of benzene rings is 5. The number of allylic oxidation sites excluding steroid dienone is 3. The Hall–Kier alpha value is -5.67. The zero-order chi connectivity index (χ0) is 29.2. The highest BCUT2D eigenvalue weighted by molar-refractivity contribution is 6.11. The topological polar surface area (TPSA) is 43.8 Å². The second-order valence-corrected chi connectivity index (χ2v) is 10.7. The average Bonchev–Trinajstić information content (AvgIpc) is 3.41. The van der Waals surface area contributed by atoms with Crippen molar-refractivity contribution in [3.05, 3.63) is 164 Å². The van der Waals surface area contributed by atoms with Gasteiger partial charge in [-0.05, 0) is 89.5 Å². The molecule has 2 aromatic heterocycles. The molecule has 206 valence electrons. The molecule has 0 fully saturated rings. The van der Waals surface area contributed by atoms with Crippen molar-refractivity contribution in [3.8, 4) is 39.2 Å².